The number of anilines is 1. The number of nitrogens with two attached hydrogens (primary N) is 1. The van der Waals surface area contributed by atoms with Gasteiger partial charge < -0.3 is 5.73 Å². The van der Waals surface area contributed by atoms with Crippen molar-refractivity contribution in [1.82, 2.24) is 15.0 Å². The number of nitrogens with one attached hydrogen (secondary N) is 1. The van der Waals surface area contributed by atoms with Crippen molar-refractivity contribution in [3.8, 4) is 11.4 Å². The summed E-state index contributed by atoms with van der Waals surface area (Å²) in [7, 11) is 0. The number of rotatable bonds is 1. The standard InChI is InChI=1S/C9H6Cl2N4O/c10-4-1-2-5(6(11)3-4)7-13-8(12)15-9(16)14-7/h1-3H,(H3,12,13,14,15,16). The van der Waals surface area contributed by atoms with Crippen molar-refractivity contribution in [3.63, 3.8) is 0 Å². The molecule has 16 heavy (non-hydrogen) atoms. The van der Waals surface area contributed by atoms with Crippen LogP contribution in [0.2, 0.25) is 10.0 Å². The SMILES string of the molecule is Nc1nc(-c2ccc(Cl)cc2Cl)[nH]c(=O)n1. The van der Waals surface area contributed by atoms with Gasteiger partial charge in [-0.1, -0.05) is 23.2 Å². The summed E-state index contributed by atoms with van der Waals surface area (Å²) in [5.74, 6) is 0.156. The second-order valence-electron chi connectivity index (χ2n) is 2.98. The minimum atomic E-state index is -0.575. The number of hydrogen-bond acceptors (Lipinski definition) is 4. The van der Waals surface area contributed by atoms with Crippen LogP contribution in [0.1, 0.15) is 0 Å². The number of aromatic nitrogens is 3. The molecule has 0 saturated heterocycles. The predicted octanol–water partition coefficient (Wildman–Crippen LogP) is 1.72. The van der Waals surface area contributed by atoms with E-state index >= 15 is 0 Å². The molecule has 0 aliphatic heterocycles. The van der Waals surface area contributed by atoms with Crippen molar-refractivity contribution < 1.29 is 0 Å². The van der Waals surface area contributed by atoms with Gasteiger partial charge in [-0.05, 0) is 18.2 Å². The van der Waals surface area contributed by atoms with E-state index in [-0.39, 0.29) is 11.8 Å². The first-order valence-electron chi connectivity index (χ1n) is 4.25. The van der Waals surface area contributed by atoms with Gasteiger partial charge >= 0.3 is 5.69 Å². The Kier molecular flexibility index (Phi) is 2.80. The van der Waals surface area contributed by atoms with Gasteiger partial charge in [0.05, 0.1) is 5.02 Å². The molecule has 82 valence electrons. The van der Waals surface area contributed by atoms with Crippen molar-refractivity contribution in [1.29, 1.82) is 0 Å². The molecule has 0 saturated carbocycles. The zero-order valence-electron chi connectivity index (χ0n) is 7.87. The van der Waals surface area contributed by atoms with Gasteiger partial charge in [0.25, 0.3) is 0 Å². The normalized spacial score (nSPS) is 10.4. The first-order valence-corrected chi connectivity index (χ1v) is 5.01. The summed E-state index contributed by atoms with van der Waals surface area (Å²) in [6.07, 6.45) is 0. The largest absolute Gasteiger partial charge is 0.368 e. The minimum absolute atomic E-state index is 0.107. The molecule has 1 aromatic carbocycles. The smallest absolute Gasteiger partial charge is 0.349 e. The second kappa shape index (κ2) is 4.11. The van der Waals surface area contributed by atoms with Crippen LogP contribution < -0.4 is 11.4 Å². The molecule has 0 unspecified atom stereocenters. The van der Waals surface area contributed by atoms with E-state index < -0.39 is 5.69 Å². The summed E-state index contributed by atoms with van der Waals surface area (Å²) in [6.45, 7) is 0. The molecule has 0 atom stereocenters. The van der Waals surface area contributed by atoms with Crippen molar-refractivity contribution in [2.75, 3.05) is 5.73 Å². The number of hydrogen-bond donors (Lipinski definition) is 2. The molecular weight excluding hydrogens is 251 g/mol. The van der Waals surface area contributed by atoms with Crippen LogP contribution in [-0.2, 0) is 0 Å². The molecule has 7 heteroatoms. The molecule has 0 bridgehead atoms. The lowest BCUT2D eigenvalue weighted by Crippen LogP contribution is -2.15. The number of nitrogens with zero attached hydrogens (tertiary/aromatic N) is 2. The lowest BCUT2D eigenvalue weighted by molar-refractivity contribution is 1.01. The fourth-order valence-electron chi connectivity index (χ4n) is 1.21. The highest BCUT2D eigenvalue weighted by molar-refractivity contribution is 6.36. The monoisotopic (exact) mass is 256 g/mol. The highest BCUT2D eigenvalue weighted by atomic mass is 35.5. The van der Waals surface area contributed by atoms with E-state index in [2.05, 4.69) is 15.0 Å². The molecule has 2 rings (SSSR count). The first kappa shape index (κ1) is 10.9. The van der Waals surface area contributed by atoms with E-state index in [1.54, 1.807) is 18.2 Å². The Morgan fingerprint density at radius 3 is 2.62 bits per heavy atom. The summed E-state index contributed by atoms with van der Waals surface area (Å²) in [6, 6.07) is 4.83. The van der Waals surface area contributed by atoms with Crippen molar-refractivity contribution in [3.05, 3.63) is 38.7 Å². The zero-order chi connectivity index (χ0) is 11.7. The van der Waals surface area contributed by atoms with Gasteiger partial charge in [-0.15, -0.1) is 0 Å². The predicted molar refractivity (Wildman–Crippen MR) is 62.5 cm³/mol. The van der Waals surface area contributed by atoms with Crippen molar-refractivity contribution in [2.45, 2.75) is 0 Å². The van der Waals surface area contributed by atoms with Crippen LogP contribution in [0.4, 0.5) is 5.95 Å². The molecule has 0 aliphatic rings. The van der Waals surface area contributed by atoms with Crippen LogP contribution in [0.5, 0.6) is 0 Å². The van der Waals surface area contributed by atoms with Gasteiger partial charge in [0.15, 0.2) is 0 Å². The van der Waals surface area contributed by atoms with Gasteiger partial charge in [-0.3, -0.25) is 4.98 Å². The molecule has 1 aromatic heterocycles. The Morgan fingerprint density at radius 2 is 2.00 bits per heavy atom. The minimum Gasteiger partial charge on any atom is -0.368 e. The molecule has 0 radical (unpaired) electrons. The van der Waals surface area contributed by atoms with Crippen LogP contribution in [-0.4, -0.2) is 15.0 Å². The average molecular weight is 257 g/mol. The molecule has 0 amide bonds. The molecule has 0 spiro atoms. The second-order valence-corrected chi connectivity index (χ2v) is 3.83. The molecule has 1 heterocycles. The molecular formula is C9H6Cl2N4O. The Balaban J connectivity index is 2.63. The van der Waals surface area contributed by atoms with E-state index in [4.69, 9.17) is 28.9 Å². The third kappa shape index (κ3) is 2.15. The number of aromatic amines is 1. The van der Waals surface area contributed by atoms with Gasteiger partial charge in [-0.2, -0.15) is 9.97 Å². The van der Waals surface area contributed by atoms with Gasteiger partial charge in [0, 0.05) is 10.6 Å². The van der Waals surface area contributed by atoms with Crippen LogP contribution in [0.3, 0.4) is 0 Å². The quantitative estimate of drug-likeness (QED) is 0.814. The molecule has 0 aliphatic carbocycles. The third-order valence-electron chi connectivity index (χ3n) is 1.85. The fraction of sp³-hybridized carbons (Fsp3) is 0. The molecule has 5 nitrogen and oxygen atoms in total. The van der Waals surface area contributed by atoms with E-state index in [9.17, 15) is 4.79 Å². The van der Waals surface area contributed by atoms with Crippen LogP contribution in [0, 0.1) is 0 Å². The summed E-state index contributed by atoms with van der Waals surface area (Å²) in [5.41, 5.74) is 5.33. The highest BCUT2D eigenvalue weighted by Crippen LogP contribution is 2.27. The zero-order valence-corrected chi connectivity index (χ0v) is 9.38. The third-order valence-corrected chi connectivity index (χ3v) is 2.40. The lowest BCUT2D eigenvalue weighted by atomic mass is 10.2. The van der Waals surface area contributed by atoms with E-state index in [0.717, 1.165) is 0 Å². The number of nitrogen functional groups attached to an aromatic ring is 1. The van der Waals surface area contributed by atoms with Crippen molar-refractivity contribution in [2.24, 2.45) is 0 Å². The Morgan fingerprint density at radius 1 is 1.25 bits per heavy atom. The van der Waals surface area contributed by atoms with E-state index in [1.807, 2.05) is 0 Å². The Labute approximate surface area is 100 Å². The number of H-pyrrole nitrogens is 1. The number of halogens is 2. The summed E-state index contributed by atoms with van der Waals surface area (Å²) in [4.78, 5) is 20.8. The Hall–Kier alpha value is -1.59. The number of benzene rings is 1. The fourth-order valence-corrected chi connectivity index (χ4v) is 1.71. The first-order chi connectivity index (χ1) is 7.56. The Bertz CT molecular complexity index is 596. The molecule has 2 aromatic rings. The maximum Gasteiger partial charge on any atom is 0.349 e. The van der Waals surface area contributed by atoms with Gasteiger partial charge in [0.1, 0.15) is 5.82 Å². The molecule has 3 N–H and O–H groups in total. The topological polar surface area (TPSA) is 84.7 Å². The van der Waals surface area contributed by atoms with Crippen LogP contribution in [0.25, 0.3) is 11.4 Å². The maximum absolute atomic E-state index is 11.1. The maximum atomic E-state index is 11.1. The molecule has 0 fully saturated rings. The van der Waals surface area contributed by atoms with Crippen LogP contribution in [0.15, 0.2) is 23.0 Å². The highest BCUT2D eigenvalue weighted by Gasteiger charge is 2.07. The summed E-state index contributed by atoms with van der Waals surface area (Å²) >= 11 is 11.7. The van der Waals surface area contributed by atoms with Crippen molar-refractivity contribution >= 4 is 29.2 Å². The summed E-state index contributed by atoms with van der Waals surface area (Å²) in [5, 5.41) is 0.874. The van der Waals surface area contributed by atoms with Gasteiger partial charge in [-0.25, -0.2) is 4.79 Å². The average Bonchev–Trinajstić information content (AvgIpc) is 2.15. The van der Waals surface area contributed by atoms with Gasteiger partial charge in [0.2, 0.25) is 5.95 Å². The van der Waals surface area contributed by atoms with E-state index in [0.29, 0.717) is 15.6 Å². The van der Waals surface area contributed by atoms with Crippen LogP contribution >= 0.6 is 23.2 Å². The van der Waals surface area contributed by atoms with E-state index in [1.165, 1.54) is 0 Å². The summed E-state index contributed by atoms with van der Waals surface area (Å²) < 4.78 is 0. The lowest BCUT2D eigenvalue weighted by Gasteiger charge is -2.03.